The molecule has 0 aliphatic rings. The zero-order valence-corrected chi connectivity index (χ0v) is 7.76. The maximum atomic E-state index is 5.87. The molecule has 62 valence electrons. The summed E-state index contributed by atoms with van der Waals surface area (Å²) in [5.41, 5.74) is 1.50. The second kappa shape index (κ2) is 2.61. The molecule has 0 fully saturated rings. The molecule has 2 aromatic heterocycles. The molecule has 0 atom stereocenters. The second-order valence-corrected chi connectivity index (χ2v) is 3.26. The molecule has 2 aromatic rings. The summed E-state index contributed by atoms with van der Waals surface area (Å²) >= 11 is 11.6. The van der Waals surface area contributed by atoms with Gasteiger partial charge in [-0.1, -0.05) is 23.2 Å². The maximum Gasteiger partial charge on any atom is 0.172 e. The van der Waals surface area contributed by atoms with Crippen LogP contribution in [-0.2, 0) is 0 Å². The SMILES string of the molecule is Cc1cn2nc(Cl)cc(Cl)c2n1. The van der Waals surface area contributed by atoms with Crippen molar-refractivity contribution >= 4 is 28.8 Å². The molecule has 0 aliphatic heterocycles. The van der Waals surface area contributed by atoms with Crippen LogP contribution in [0.1, 0.15) is 5.69 Å². The van der Waals surface area contributed by atoms with Crippen molar-refractivity contribution in [2.24, 2.45) is 0 Å². The van der Waals surface area contributed by atoms with Gasteiger partial charge in [0.15, 0.2) is 10.8 Å². The van der Waals surface area contributed by atoms with Gasteiger partial charge in [0, 0.05) is 0 Å². The van der Waals surface area contributed by atoms with Crippen LogP contribution in [0.2, 0.25) is 10.2 Å². The van der Waals surface area contributed by atoms with Crippen molar-refractivity contribution in [1.82, 2.24) is 14.6 Å². The summed E-state index contributed by atoms with van der Waals surface area (Å²) in [4.78, 5) is 4.16. The van der Waals surface area contributed by atoms with Crippen molar-refractivity contribution in [1.29, 1.82) is 0 Å². The van der Waals surface area contributed by atoms with E-state index in [4.69, 9.17) is 23.2 Å². The highest BCUT2D eigenvalue weighted by atomic mass is 35.5. The molecular formula is C7H5Cl2N3. The molecule has 0 saturated carbocycles. The van der Waals surface area contributed by atoms with E-state index in [1.165, 1.54) is 0 Å². The predicted molar refractivity (Wildman–Crippen MR) is 47.7 cm³/mol. The highest BCUT2D eigenvalue weighted by Gasteiger charge is 2.04. The normalized spacial score (nSPS) is 10.9. The molecule has 5 heteroatoms. The average molecular weight is 202 g/mol. The summed E-state index contributed by atoms with van der Waals surface area (Å²) in [7, 11) is 0. The lowest BCUT2D eigenvalue weighted by Gasteiger charge is -1.94. The van der Waals surface area contributed by atoms with Crippen molar-refractivity contribution in [2.75, 3.05) is 0 Å². The largest absolute Gasteiger partial charge is 0.231 e. The van der Waals surface area contributed by atoms with Gasteiger partial charge in [0.25, 0.3) is 0 Å². The lowest BCUT2D eigenvalue weighted by atomic mass is 10.5. The minimum Gasteiger partial charge on any atom is -0.231 e. The van der Waals surface area contributed by atoms with E-state index < -0.39 is 0 Å². The summed E-state index contributed by atoms with van der Waals surface area (Å²) in [5, 5.41) is 4.87. The first-order valence-corrected chi connectivity index (χ1v) is 4.10. The van der Waals surface area contributed by atoms with Gasteiger partial charge in [-0.05, 0) is 13.0 Å². The van der Waals surface area contributed by atoms with Gasteiger partial charge in [-0.2, -0.15) is 5.10 Å². The van der Waals surface area contributed by atoms with Crippen LogP contribution < -0.4 is 0 Å². The van der Waals surface area contributed by atoms with E-state index >= 15 is 0 Å². The summed E-state index contributed by atoms with van der Waals surface area (Å²) in [6.45, 7) is 1.87. The number of hydrogen-bond acceptors (Lipinski definition) is 2. The molecule has 0 radical (unpaired) electrons. The van der Waals surface area contributed by atoms with E-state index in [0.29, 0.717) is 15.8 Å². The molecule has 2 heterocycles. The molecule has 0 aliphatic carbocycles. The molecule has 3 nitrogen and oxygen atoms in total. The van der Waals surface area contributed by atoms with E-state index in [1.807, 2.05) is 6.92 Å². The van der Waals surface area contributed by atoms with Crippen LogP contribution >= 0.6 is 23.2 Å². The van der Waals surface area contributed by atoms with Gasteiger partial charge in [-0.15, -0.1) is 0 Å². The van der Waals surface area contributed by atoms with E-state index in [2.05, 4.69) is 10.1 Å². The van der Waals surface area contributed by atoms with Crippen molar-refractivity contribution in [3.8, 4) is 0 Å². The number of aryl methyl sites for hydroxylation is 1. The average Bonchev–Trinajstić information content (AvgIpc) is 2.29. The molecule has 0 amide bonds. The first-order valence-electron chi connectivity index (χ1n) is 3.35. The number of aromatic nitrogens is 3. The van der Waals surface area contributed by atoms with Crippen LogP contribution in [0.4, 0.5) is 0 Å². The molecule has 0 bridgehead atoms. The lowest BCUT2D eigenvalue weighted by Crippen LogP contribution is -1.90. The fourth-order valence-electron chi connectivity index (χ4n) is 1.03. The Labute approximate surface area is 78.9 Å². The molecule has 2 rings (SSSR count). The topological polar surface area (TPSA) is 30.2 Å². The molecule has 0 N–H and O–H groups in total. The Bertz CT molecular complexity index is 435. The minimum absolute atomic E-state index is 0.366. The first-order chi connectivity index (χ1) is 5.66. The third kappa shape index (κ3) is 1.15. The van der Waals surface area contributed by atoms with Crippen LogP contribution in [0.5, 0.6) is 0 Å². The van der Waals surface area contributed by atoms with Gasteiger partial charge in [0.2, 0.25) is 0 Å². The van der Waals surface area contributed by atoms with Crippen molar-refractivity contribution < 1.29 is 0 Å². The zero-order chi connectivity index (χ0) is 8.72. The maximum absolute atomic E-state index is 5.87. The summed E-state index contributed by atoms with van der Waals surface area (Å²) in [6, 6.07) is 1.57. The van der Waals surface area contributed by atoms with Crippen molar-refractivity contribution in [2.45, 2.75) is 6.92 Å². The highest BCUT2D eigenvalue weighted by molar-refractivity contribution is 6.35. The van der Waals surface area contributed by atoms with Gasteiger partial charge < -0.3 is 0 Å². The Kier molecular flexibility index (Phi) is 1.70. The summed E-state index contributed by atoms with van der Waals surface area (Å²) < 4.78 is 1.57. The third-order valence-electron chi connectivity index (χ3n) is 1.47. The zero-order valence-electron chi connectivity index (χ0n) is 6.25. The van der Waals surface area contributed by atoms with Crippen LogP contribution in [0.15, 0.2) is 12.3 Å². The number of fused-ring (bicyclic) bond motifs is 1. The van der Waals surface area contributed by atoms with Gasteiger partial charge in [0.1, 0.15) is 0 Å². The standard InChI is InChI=1S/C7H5Cl2N3/c1-4-3-12-7(10-4)5(8)2-6(9)11-12/h2-3H,1H3. The number of imidazole rings is 1. The van der Waals surface area contributed by atoms with E-state index in [0.717, 1.165) is 5.69 Å². The molecule has 0 saturated heterocycles. The highest BCUT2D eigenvalue weighted by Crippen LogP contribution is 2.18. The molecule has 12 heavy (non-hydrogen) atoms. The quantitative estimate of drug-likeness (QED) is 0.656. The van der Waals surface area contributed by atoms with Crippen LogP contribution in [0.3, 0.4) is 0 Å². The van der Waals surface area contributed by atoms with Crippen LogP contribution in [0.25, 0.3) is 5.65 Å². The third-order valence-corrected chi connectivity index (χ3v) is 1.93. The van der Waals surface area contributed by atoms with Crippen LogP contribution in [0, 0.1) is 6.92 Å². The van der Waals surface area contributed by atoms with Crippen molar-refractivity contribution in [3.05, 3.63) is 28.1 Å². The fourth-order valence-corrected chi connectivity index (χ4v) is 1.50. The van der Waals surface area contributed by atoms with E-state index in [9.17, 15) is 0 Å². The van der Waals surface area contributed by atoms with Gasteiger partial charge in [-0.3, -0.25) is 0 Å². The van der Waals surface area contributed by atoms with Gasteiger partial charge in [-0.25, -0.2) is 9.50 Å². The number of nitrogens with zero attached hydrogens (tertiary/aromatic N) is 3. The van der Waals surface area contributed by atoms with Gasteiger partial charge >= 0.3 is 0 Å². The Hall–Kier alpha value is -0.800. The number of halogens is 2. The first kappa shape index (κ1) is 7.83. The van der Waals surface area contributed by atoms with E-state index in [1.54, 1.807) is 16.8 Å². The lowest BCUT2D eigenvalue weighted by molar-refractivity contribution is 0.935. The number of rotatable bonds is 0. The summed E-state index contributed by atoms with van der Waals surface area (Å²) in [5.74, 6) is 0. The van der Waals surface area contributed by atoms with Gasteiger partial charge in [0.05, 0.1) is 16.9 Å². The van der Waals surface area contributed by atoms with Crippen molar-refractivity contribution in [3.63, 3.8) is 0 Å². The predicted octanol–water partition coefficient (Wildman–Crippen LogP) is 2.34. The smallest absolute Gasteiger partial charge is 0.172 e. The number of hydrogen-bond donors (Lipinski definition) is 0. The Morgan fingerprint density at radius 1 is 1.42 bits per heavy atom. The molecule has 0 spiro atoms. The monoisotopic (exact) mass is 201 g/mol. The Morgan fingerprint density at radius 3 is 2.92 bits per heavy atom. The fraction of sp³-hybridized carbons (Fsp3) is 0.143. The summed E-state index contributed by atoms with van der Waals surface area (Å²) in [6.07, 6.45) is 1.77. The Balaban J connectivity index is 2.88. The Morgan fingerprint density at radius 2 is 2.17 bits per heavy atom. The minimum atomic E-state index is 0.366. The molecule has 0 unspecified atom stereocenters. The molecular weight excluding hydrogens is 197 g/mol. The van der Waals surface area contributed by atoms with E-state index in [-0.39, 0.29) is 0 Å². The second-order valence-electron chi connectivity index (χ2n) is 2.47. The van der Waals surface area contributed by atoms with Crippen LogP contribution in [-0.4, -0.2) is 14.6 Å². The molecule has 0 aromatic carbocycles.